The molecule has 0 saturated carbocycles. The molecule has 0 spiro atoms. The molecule has 0 fully saturated rings. The Morgan fingerprint density at radius 2 is 2.00 bits per heavy atom. The fourth-order valence-corrected chi connectivity index (χ4v) is 3.23. The Balaban J connectivity index is 1.82. The molecule has 1 aromatic carbocycles. The summed E-state index contributed by atoms with van der Waals surface area (Å²) >= 11 is 1.34. The van der Waals surface area contributed by atoms with Gasteiger partial charge in [0.1, 0.15) is 15.6 Å². The molecule has 1 amide bonds. The molecule has 128 valence electrons. The summed E-state index contributed by atoms with van der Waals surface area (Å²) in [6.07, 6.45) is 2.62. The summed E-state index contributed by atoms with van der Waals surface area (Å²) in [7, 11) is 0. The van der Waals surface area contributed by atoms with E-state index in [0.29, 0.717) is 28.6 Å². The lowest BCUT2D eigenvalue weighted by molar-refractivity contribution is 0.102. The maximum Gasteiger partial charge on any atom is 0.267 e. The van der Waals surface area contributed by atoms with E-state index < -0.39 is 0 Å². The number of ether oxygens (including phenoxy) is 1. The van der Waals surface area contributed by atoms with Crippen molar-refractivity contribution in [2.45, 2.75) is 20.3 Å². The van der Waals surface area contributed by atoms with Crippen LogP contribution in [0.4, 0.5) is 5.69 Å². The number of hydrogen-bond acceptors (Lipinski definition) is 5. The number of carbonyl (C=O) groups is 1. The van der Waals surface area contributed by atoms with Crippen LogP contribution in [0.5, 0.6) is 5.75 Å². The molecule has 3 aromatic rings. The van der Waals surface area contributed by atoms with Gasteiger partial charge < -0.3 is 10.1 Å². The number of aromatic nitrogens is 2. The summed E-state index contributed by atoms with van der Waals surface area (Å²) in [6, 6.07) is 13.1. The lowest BCUT2D eigenvalue weighted by Crippen LogP contribution is -2.12. The van der Waals surface area contributed by atoms with Crippen LogP contribution in [0, 0.1) is 6.92 Å². The van der Waals surface area contributed by atoms with Crippen LogP contribution in [-0.2, 0) is 0 Å². The van der Waals surface area contributed by atoms with Gasteiger partial charge in [0.15, 0.2) is 0 Å². The fraction of sp³-hybridized carbons (Fsp3) is 0.211. The second-order valence-electron chi connectivity index (χ2n) is 5.45. The molecule has 0 unspecified atom stereocenters. The molecule has 1 N–H and O–H groups in total. The van der Waals surface area contributed by atoms with E-state index in [9.17, 15) is 4.79 Å². The Morgan fingerprint density at radius 3 is 2.76 bits per heavy atom. The van der Waals surface area contributed by atoms with E-state index in [2.05, 4.69) is 15.3 Å². The number of benzene rings is 1. The van der Waals surface area contributed by atoms with E-state index in [1.807, 2.05) is 56.3 Å². The topological polar surface area (TPSA) is 64.1 Å². The van der Waals surface area contributed by atoms with Crippen LogP contribution in [0.25, 0.3) is 10.7 Å². The van der Waals surface area contributed by atoms with Crippen molar-refractivity contribution in [2.75, 3.05) is 11.9 Å². The number of carbonyl (C=O) groups excluding carboxylic acids is 1. The predicted octanol–water partition coefficient (Wildman–Crippen LogP) is 4.55. The zero-order valence-electron chi connectivity index (χ0n) is 14.2. The van der Waals surface area contributed by atoms with Crippen molar-refractivity contribution in [3.63, 3.8) is 0 Å². The number of hydrogen-bond donors (Lipinski definition) is 1. The van der Waals surface area contributed by atoms with Crippen LogP contribution in [0.1, 0.15) is 28.7 Å². The highest BCUT2D eigenvalue weighted by Crippen LogP contribution is 2.29. The third kappa shape index (κ3) is 4.03. The lowest BCUT2D eigenvalue weighted by Gasteiger charge is -2.11. The zero-order valence-corrected chi connectivity index (χ0v) is 15.0. The Kier molecular flexibility index (Phi) is 5.40. The molecule has 6 heteroatoms. The van der Waals surface area contributed by atoms with Gasteiger partial charge in [-0.05, 0) is 37.6 Å². The van der Waals surface area contributed by atoms with Crippen LogP contribution in [0.3, 0.4) is 0 Å². The predicted molar refractivity (Wildman–Crippen MR) is 100 cm³/mol. The lowest BCUT2D eigenvalue weighted by atomic mass is 10.2. The van der Waals surface area contributed by atoms with Gasteiger partial charge in [0.2, 0.25) is 0 Å². The third-order valence-electron chi connectivity index (χ3n) is 3.48. The van der Waals surface area contributed by atoms with Gasteiger partial charge >= 0.3 is 0 Å². The molecule has 25 heavy (non-hydrogen) atoms. The average Bonchev–Trinajstić information content (AvgIpc) is 3.03. The fourth-order valence-electron chi connectivity index (χ4n) is 2.29. The normalized spacial score (nSPS) is 10.5. The molecule has 0 bridgehead atoms. The summed E-state index contributed by atoms with van der Waals surface area (Å²) in [4.78, 5) is 22.0. The summed E-state index contributed by atoms with van der Waals surface area (Å²) in [6.45, 7) is 4.48. The Labute approximate surface area is 150 Å². The summed E-state index contributed by atoms with van der Waals surface area (Å²) in [5, 5.41) is 3.66. The summed E-state index contributed by atoms with van der Waals surface area (Å²) in [5.41, 5.74) is 2.12. The first-order valence-electron chi connectivity index (χ1n) is 8.11. The van der Waals surface area contributed by atoms with Crippen LogP contribution in [0.2, 0.25) is 0 Å². The van der Waals surface area contributed by atoms with Gasteiger partial charge in [-0.25, -0.2) is 4.98 Å². The van der Waals surface area contributed by atoms with E-state index in [1.165, 1.54) is 11.3 Å². The molecule has 0 saturated heterocycles. The SMILES string of the molecule is CCCOc1ccccc1NC(=O)c1sc(-c2ccccn2)nc1C. The molecule has 0 radical (unpaired) electrons. The maximum atomic E-state index is 12.7. The molecule has 0 aliphatic carbocycles. The molecule has 3 rings (SSSR count). The van der Waals surface area contributed by atoms with Crippen molar-refractivity contribution in [3.05, 3.63) is 59.2 Å². The summed E-state index contributed by atoms with van der Waals surface area (Å²) < 4.78 is 5.69. The van der Waals surface area contributed by atoms with E-state index in [1.54, 1.807) is 6.20 Å². The van der Waals surface area contributed by atoms with Crippen molar-refractivity contribution >= 4 is 22.9 Å². The van der Waals surface area contributed by atoms with Crippen molar-refractivity contribution in [1.82, 2.24) is 9.97 Å². The maximum absolute atomic E-state index is 12.7. The highest BCUT2D eigenvalue weighted by Gasteiger charge is 2.18. The first-order chi connectivity index (χ1) is 12.2. The van der Waals surface area contributed by atoms with Gasteiger partial charge in [0.25, 0.3) is 5.91 Å². The van der Waals surface area contributed by atoms with Crippen molar-refractivity contribution in [1.29, 1.82) is 0 Å². The number of pyridine rings is 1. The number of amides is 1. The molecule has 5 nitrogen and oxygen atoms in total. The molecule has 2 heterocycles. The Bertz CT molecular complexity index is 862. The summed E-state index contributed by atoms with van der Waals surface area (Å²) in [5.74, 6) is 0.481. The van der Waals surface area contributed by atoms with Crippen LogP contribution >= 0.6 is 11.3 Å². The van der Waals surface area contributed by atoms with Crippen molar-refractivity contribution in [2.24, 2.45) is 0 Å². The van der Waals surface area contributed by atoms with Gasteiger partial charge in [-0.3, -0.25) is 9.78 Å². The van der Waals surface area contributed by atoms with Gasteiger partial charge in [0, 0.05) is 6.20 Å². The smallest absolute Gasteiger partial charge is 0.267 e. The number of rotatable bonds is 6. The molecule has 0 atom stereocenters. The minimum absolute atomic E-state index is 0.190. The number of nitrogens with zero attached hydrogens (tertiary/aromatic N) is 2. The second-order valence-corrected chi connectivity index (χ2v) is 6.45. The van der Waals surface area contributed by atoms with Crippen LogP contribution in [-0.4, -0.2) is 22.5 Å². The number of para-hydroxylation sites is 2. The molecule has 0 aliphatic rings. The van der Waals surface area contributed by atoms with Gasteiger partial charge in [-0.15, -0.1) is 11.3 Å². The molecule has 0 aliphatic heterocycles. The van der Waals surface area contributed by atoms with E-state index in [0.717, 1.165) is 17.1 Å². The first kappa shape index (κ1) is 17.1. The minimum atomic E-state index is -0.190. The van der Waals surface area contributed by atoms with Crippen molar-refractivity contribution in [3.8, 4) is 16.5 Å². The number of anilines is 1. The Morgan fingerprint density at radius 1 is 1.20 bits per heavy atom. The Hall–Kier alpha value is -2.73. The minimum Gasteiger partial charge on any atom is -0.491 e. The number of thiazole rings is 1. The molecular weight excluding hydrogens is 334 g/mol. The molecule has 2 aromatic heterocycles. The standard InChI is InChI=1S/C19H19N3O2S/c1-3-12-24-16-10-5-4-8-14(16)22-18(23)17-13(2)21-19(25-17)15-9-6-7-11-20-15/h4-11H,3,12H2,1-2H3,(H,22,23). The van der Waals surface area contributed by atoms with Crippen molar-refractivity contribution < 1.29 is 9.53 Å². The number of aryl methyl sites for hydroxylation is 1. The van der Waals surface area contributed by atoms with E-state index in [4.69, 9.17) is 4.74 Å². The van der Waals surface area contributed by atoms with Crippen LogP contribution in [0.15, 0.2) is 48.7 Å². The highest BCUT2D eigenvalue weighted by molar-refractivity contribution is 7.17. The van der Waals surface area contributed by atoms with E-state index in [-0.39, 0.29) is 5.91 Å². The quantitative estimate of drug-likeness (QED) is 0.706. The number of nitrogens with one attached hydrogen (secondary N) is 1. The zero-order chi connectivity index (χ0) is 17.6. The monoisotopic (exact) mass is 353 g/mol. The highest BCUT2D eigenvalue weighted by atomic mass is 32.1. The van der Waals surface area contributed by atoms with Gasteiger partial charge in [0.05, 0.1) is 23.7 Å². The second kappa shape index (κ2) is 7.90. The van der Waals surface area contributed by atoms with E-state index >= 15 is 0 Å². The largest absolute Gasteiger partial charge is 0.491 e. The van der Waals surface area contributed by atoms with Gasteiger partial charge in [-0.1, -0.05) is 25.1 Å². The third-order valence-corrected chi connectivity index (χ3v) is 4.66. The first-order valence-corrected chi connectivity index (χ1v) is 8.92. The molecular formula is C19H19N3O2S. The van der Waals surface area contributed by atoms with Gasteiger partial charge in [-0.2, -0.15) is 0 Å². The van der Waals surface area contributed by atoms with Crippen LogP contribution < -0.4 is 10.1 Å². The average molecular weight is 353 g/mol.